The van der Waals surface area contributed by atoms with Crippen molar-refractivity contribution in [2.45, 2.75) is 30.3 Å². The molecule has 1 aliphatic carbocycles. The van der Waals surface area contributed by atoms with Gasteiger partial charge in [-0.25, -0.2) is 13.2 Å². The molecule has 18 heavy (non-hydrogen) atoms. The number of ether oxygens (including phenoxy) is 1. The zero-order chi connectivity index (χ0) is 13.3. The topological polar surface area (TPSA) is 60.4 Å². The van der Waals surface area contributed by atoms with Gasteiger partial charge in [0.1, 0.15) is 6.10 Å². The molecule has 7 heteroatoms. The fourth-order valence-corrected chi connectivity index (χ4v) is 2.49. The Morgan fingerprint density at radius 3 is 2.50 bits per heavy atom. The summed E-state index contributed by atoms with van der Waals surface area (Å²) in [5.41, 5.74) is 0.0188. The third-order valence-corrected chi connectivity index (χ3v) is 4.45. The number of hydrogen-bond acceptors (Lipinski definition) is 4. The average molecular weight is 309 g/mol. The van der Waals surface area contributed by atoms with E-state index >= 15 is 0 Å². The van der Waals surface area contributed by atoms with E-state index in [4.69, 9.17) is 27.0 Å². The highest BCUT2D eigenvalue weighted by Gasteiger charge is 2.24. The largest absolute Gasteiger partial charge is 0.459 e. The van der Waals surface area contributed by atoms with Crippen molar-refractivity contribution >= 4 is 37.3 Å². The second-order valence-corrected chi connectivity index (χ2v) is 7.01. The molecule has 0 atom stereocenters. The van der Waals surface area contributed by atoms with Crippen LogP contribution in [0.5, 0.6) is 0 Å². The van der Waals surface area contributed by atoms with Crippen LogP contribution in [-0.4, -0.2) is 20.5 Å². The number of benzene rings is 1. The Bertz CT molecular complexity index is 579. The monoisotopic (exact) mass is 308 g/mol. The summed E-state index contributed by atoms with van der Waals surface area (Å²) in [4.78, 5) is 11.6. The van der Waals surface area contributed by atoms with Crippen molar-refractivity contribution in [3.8, 4) is 0 Å². The SMILES string of the molecule is O=C(OC1CCC1)c1cc(S(=O)(=O)Cl)ccc1Cl. The molecular formula is C11H10Cl2O4S. The molecule has 0 spiro atoms. The van der Waals surface area contributed by atoms with Crippen molar-refractivity contribution in [3.05, 3.63) is 28.8 Å². The smallest absolute Gasteiger partial charge is 0.339 e. The first-order valence-electron chi connectivity index (χ1n) is 5.33. The highest BCUT2D eigenvalue weighted by Crippen LogP contribution is 2.27. The van der Waals surface area contributed by atoms with Crippen molar-refractivity contribution in [3.63, 3.8) is 0 Å². The Morgan fingerprint density at radius 2 is 2.00 bits per heavy atom. The molecule has 0 saturated heterocycles. The minimum absolute atomic E-state index is 0.0188. The molecule has 1 aromatic rings. The van der Waals surface area contributed by atoms with Gasteiger partial charge in [-0.3, -0.25) is 0 Å². The lowest BCUT2D eigenvalue weighted by Gasteiger charge is -2.25. The van der Waals surface area contributed by atoms with Crippen LogP contribution in [0.25, 0.3) is 0 Å². The molecular weight excluding hydrogens is 299 g/mol. The minimum Gasteiger partial charge on any atom is -0.459 e. The van der Waals surface area contributed by atoms with Gasteiger partial charge in [-0.05, 0) is 37.5 Å². The molecule has 1 aromatic carbocycles. The quantitative estimate of drug-likeness (QED) is 0.636. The normalized spacial score (nSPS) is 16.1. The van der Waals surface area contributed by atoms with E-state index in [9.17, 15) is 13.2 Å². The van der Waals surface area contributed by atoms with Crippen molar-refractivity contribution in [2.75, 3.05) is 0 Å². The summed E-state index contributed by atoms with van der Waals surface area (Å²) in [5.74, 6) is -0.619. The van der Waals surface area contributed by atoms with Crippen molar-refractivity contribution in [1.82, 2.24) is 0 Å². The first kappa shape index (κ1) is 13.6. The van der Waals surface area contributed by atoms with Gasteiger partial charge < -0.3 is 4.74 Å². The molecule has 0 unspecified atom stereocenters. The molecule has 1 fully saturated rings. The molecule has 0 bridgehead atoms. The van der Waals surface area contributed by atoms with Gasteiger partial charge in [-0.2, -0.15) is 0 Å². The first-order valence-corrected chi connectivity index (χ1v) is 8.02. The summed E-state index contributed by atoms with van der Waals surface area (Å²) in [6.45, 7) is 0. The highest BCUT2D eigenvalue weighted by atomic mass is 35.7. The van der Waals surface area contributed by atoms with Crippen molar-refractivity contribution in [1.29, 1.82) is 0 Å². The molecule has 0 aliphatic heterocycles. The van der Waals surface area contributed by atoms with E-state index in [1.807, 2.05) is 0 Å². The number of hydrogen-bond donors (Lipinski definition) is 0. The Morgan fingerprint density at radius 1 is 1.33 bits per heavy atom. The van der Waals surface area contributed by atoms with Gasteiger partial charge in [-0.15, -0.1) is 0 Å². The Balaban J connectivity index is 2.28. The van der Waals surface area contributed by atoms with Gasteiger partial charge in [0.25, 0.3) is 9.05 Å². The van der Waals surface area contributed by atoms with Gasteiger partial charge in [-0.1, -0.05) is 11.6 Å². The Kier molecular flexibility index (Phi) is 3.84. The van der Waals surface area contributed by atoms with Crippen LogP contribution in [0.3, 0.4) is 0 Å². The van der Waals surface area contributed by atoms with E-state index < -0.39 is 15.0 Å². The number of esters is 1. The number of carbonyl (C=O) groups excluding carboxylic acids is 1. The second kappa shape index (κ2) is 5.07. The van der Waals surface area contributed by atoms with Gasteiger partial charge in [0.15, 0.2) is 0 Å². The molecule has 0 amide bonds. The summed E-state index contributed by atoms with van der Waals surface area (Å²) in [5, 5.41) is 0.142. The first-order chi connectivity index (χ1) is 8.38. The number of carbonyl (C=O) groups is 1. The maximum Gasteiger partial charge on any atom is 0.339 e. The van der Waals surface area contributed by atoms with E-state index in [-0.39, 0.29) is 21.6 Å². The van der Waals surface area contributed by atoms with Crippen molar-refractivity contribution < 1.29 is 17.9 Å². The fraction of sp³-hybridized carbons (Fsp3) is 0.364. The van der Waals surface area contributed by atoms with Crippen LogP contribution >= 0.6 is 22.3 Å². The summed E-state index contributed by atoms with van der Waals surface area (Å²) in [7, 11) is 1.32. The van der Waals surface area contributed by atoms with E-state index in [1.165, 1.54) is 12.1 Å². The number of halogens is 2. The molecule has 0 heterocycles. The van der Waals surface area contributed by atoms with Crippen LogP contribution in [0.15, 0.2) is 23.1 Å². The van der Waals surface area contributed by atoms with Crippen LogP contribution < -0.4 is 0 Å². The van der Waals surface area contributed by atoms with Crippen LogP contribution in [0.2, 0.25) is 5.02 Å². The minimum atomic E-state index is -3.89. The standard InChI is InChI=1S/C11H10Cl2O4S/c12-10-5-4-8(18(13,15)16)6-9(10)11(14)17-7-2-1-3-7/h4-7H,1-3H2. The predicted molar refractivity (Wildman–Crippen MR) is 67.5 cm³/mol. The van der Waals surface area contributed by atoms with E-state index in [0.29, 0.717) is 0 Å². The average Bonchev–Trinajstić information content (AvgIpc) is 2.22. The molecule has 98 valence electrons. The summed E-state index contributed by atoms with van der Waals surface area (Å²) >= 11 is 5.85. The van der Waals surface area contributed by atoms with Crippen LogP contribution in [0.4, 0.5) is 0 Å². The highest BCUT2D eigenvalue weighted by molar-refractivity contribution is 8.13. The van der Waals surface area contributed by atoms with Gasteiger partial charge in [0.2, 0.25) is 0 Å². The fourth-order valence-electron chi connectivity index (χ4n) is 1.52. The molecule has 0 radical (unpaired) electrons. The lowest BCUT2D eigenvalue weighted by atomic mass is 9.96. The van der Waals surface area contributed by atoms with Crippen LogP contribution in [0, 0.1) is 0 Å². The molecule has 0 aromatic heterocycles. The summed E-state index contributed by atoms with van der Waals surface area (Å²) in [6, 6.07) is 3.69. The third kappa shape index (κ3) is 2.96. The maximum atomic E-state index is 11.8. The van der Waals surface area contributed by atoms with Crippen LogP contribution in [-0.2, 0) is 13.8 Å². The van der Waals surface area contributed by atoms with Crippen molar-refractivity contribution in [2.24, 2.45) is 0 Å². The Labute approximate surface area is 114 Å². The molecule has 1 saturated carbocycles. The third-order valence-electron chi connectivity index (χ3n) is 2.77. The molecule has 2 rings (SSSR count). The maximum absolute atomic E-state index is 11.8. The van der Waals surface area contributed by atoms with E-state index in [1.54, 1.807) is 0 Å². The van der Waals surface area contributed by atoms with Gasteiger partial charge in [0, 0.05) is 10.7 Å². The lowest BCUT2D eigenvalue weighted by molar-refractivity contribution is 0.00900. The van der Waals surface area contributed by atoms with Gasteiger partial charge in [0.05, 0.1) is 15.5 Å². The lowest BCUT2D eigenvalue weighted by Crippen LogP contribution is -2.25. The van der Waals surface area contributed by atoms with E-state index in [0.717, 1.165) is 25.3 Å². The predicted octanol–water partition coefficient (Wildman–Crippen LogP) is 2.98. The summed E-state index contributed by atoms with van der Waals surface area (Å²) in [6.07, 6.45) is 2.60. The zero-order valence-electron chi connectivity index (χ0n) is 9.23. The summed E-state index contributed by atoms with van der Waals surface area (Å²) < 4.78 is 27.5. The zero-order valence-corrected chi connectivity index (χ0v) is 11.6. The van der Waals surface area contributed by atoms with Crippen LogP contribution in [0.1, 0.15) is 29.6 Å². The molecule has 1 aliphatic rings. The van der Waals surface area contributed by atoms with E-state index in [2.05, 4.69) is 0 Å². The molecule has 4 nitrogen and oxygen atoms in total. The second-order valence-electron chi connectivity index (χ2n) is 4.04. The Hall–Kier alpha value is -0.780. The van der Waals surface area contributed by atoms with Gasteiger partial charge >= 0.3 is 5.97 Å². The molecule has 0 N–H and O–H groups in total. The number of rotatable bonds is 3.